The zero-order valence-electron chi connectivity index (χ0n) is 8.47. The lowest BCUT2D eigenvalue weighted by molar-refractivity contribution is 0.0696. The molecule has 1 aromatic rings. The SMILES string of the molecule is CC(O)CCNc1cc(C(=O)O)ccn1. The average molecular weight is 210 g/mol. The maximum absolute atomic E-state index is 10.6. The third kappa shape index (κ3) is 3.95. The Bertz CT molecular complexity index is 339. The highest BCUT2D eigenvalue weighted by Gasteiger charge is 2.03. The van der Waals surface area contributed by atoms with Gasteiger partial charge >= 0.3 is 5.97 Å². The molecule has 0 aliphatic heterocycles. The van der Waals surface area contributed by atoms with Crippen LogP contribution in [-0.4, -0.2) is 33.8 Å². The number of hydrogen-bond acceptors (Lipinski definition) is 4. The summed E-state index contributed by atoms with van der Waals surface area (Å²) >= 11 is 0. The molecule has 1 unspecified atom stereocenters. The number of aliphatic hydroxyl groups excluding tert-OH is 1. The first kappa shape index (κ1) is 11.5. The Kier molecular flexibility index (Phi) is 4.05. The quantitative estimate of drug-likeness (QED) is 0.674. The summed E-state index contributed by atoms with van der Waals surface area (Å²) in [5.41, 5.74) is 0.199. The number of anilines is 1. The molecule has 5 heteroatoms. The molecule has 0 saturated carbocycles. The zero-order chi connectivity index (χ0) is 11.3. The summed E-state index contributed by atoms with van der Waals surface area (Å²) in [5, 5.41) is 20.7. The van der Waals surface area contributed by atoms with Crippen molar-refractivity contribution in [2.45, 2.75) is 19.4 Å². The molecule has 1 rings (SSSR count). The minimum absolute atomic E-state index is 0.199. The molecular weight excluding hydrogens is 196 g/mol. The van der Waals surface area contributed by atoms with Gasteiger partial charge in [-0.25, -0.2) is 9.78 Å². The van der Waals surface area contributed by atoms with E-state index in [2.05, 4.69) is 10.3 Å². The van der Waals surface area contributed by atoms with Gasteiger partial charge in [0.15, 0.2) is 0 Å². The fourth-order valence-corrected chi connectivity index (χ4v) is 1.07. The van der Waals surface area contributed by atoms with Crippen molar-refractivity contribution in [2.24, 2.45) is 0 Å². The number of aromatic carboxylic acids is 1. The number of carboxylic acids is 1. The van der Waals surface area contributed by atoms with Gasteiger partial charge in [-0.05, 0) is 25.5 Å². The zero-order valence-corrected chi connectivity index (χ0v) is 8.47. The monoisotopic (exact) mass is 210 g/mol. The van der Waals surface area contributed by atoms with E-state index < -0.39 is 5.97 Å². The number of aromatic nitrogens is 1. The highest BCUT2D eigenvalue weighted by Crippen LogP contribution is 2.06. The number of rotatable bonds is 5. The van der Waals surface area contributed by atoms with Gasteiger partial charge in [0.05, 0.1) is 11.7 Å². The van der Waals surface area contributed by atoms with Gasteiger partial charge in [0.25, 0.3) is 0 Å². The second-order valence-electron chi connectivity index (χ2n) is 3.30. The van der Waals surface area contributed by atoms with Crippen LogP contribution in [0.25, 0.3) is 0 Å². The van der Waals surface area contributed by atoms with Gasteiger partial charge in [-0.15, -0.1) is 0 Å². The fraction of sp³-hybridized carbons (Fsp3) is 0.400. The van der Waals surface area contributed by atoms with Crippen LogP contribution < -0.4 is 5.32 Å². The molecule has 0 radical (unpaired) electrons. The highest BCUT2D eigenvalue weighted by atomic mass is 16.4. The molecule has 82 valence electrons. The van der Waals surface area contributed by atoms with E-state index in [1.54, 1.807) is 6.92 Å². The van der Waals surface area contributed by atoms with Crippen molar-refractivity contribution >= 4 is 11.8 Å². The van der Waals surface area contributed by atoms with E-state index in [0.29, 0.717) is 18.8 Å². The molecule has 0 amide bonds. The first-order valence-electron chi connectivity index (χ1n) is 4.71. The molecule has 3 N–H and O–H groups in total. The van der Waals surface area contributed by atoms with E-state index in [4.69, 9.17) is 10.2 Å². The lowest BCUT2D eigenvalue weighted by atomic mass is 10.2. The molecule has 1 aromatic heterocycles. The third-order valence-electron chi connectivity index (χ3n) is 1.88. The lowest BCUT2D eigenvalue weighted by Crippen LogP contribution is -2.11. The van der Waals surface area contributed by atoms with E-state index in [1.807, 2.05) is 0 Å². The molecule has 0 fully saturated rings. The molecule has 5 nitrogen and oxygen atoms in total. The van der Waals surface area contributed by atoms with Crippen LogP contribution in [0, 0.1) is 0 Å². The van der Waals surface area contributed by atoms with Gasteiger partial charge in [0.2, 0.25) is 0 Å². The van der Waals surface area contributed by atoms with Gasteiger partial charge in [-0.2, -0.15) is 0 Å². The molecule has 1 atom stereocenters. The van der Waals surface area contributed by atoms with Gasteiger partial charge < -0.3 is 15.5 Å². The van der Waals surface area contributed by atoms with Crippen LogP contribution in [0.15, 0.2) is 18.3 Å². The van der Waals surface area contributed by atoms with Crippen molar-refractivity contribution in [1.29, 1.82) is 0 Å². The summed E-state index contributed by atoms with van der Waals surface area (Å²) in [6, 6.07) is 2.90. The maximum Gasteiger partial charge on any atom is 0.335 e. The number of carbonyl (C=O) groups is 1. The topological polar surface area (TPSA) is 82.5 Å². The van der Waals surface area contributed by atoms with Crippen LogP contribution in [-0.2, 0) is 0 Å². The van der Waals surface area contributed by atoms with E-state index in [9.17, 15) is 4.79 Å². The highest BCUT2D eigenvalue weighted by molar-refractivity contribution is 5.88. The fourth-order valence-electron chi connectivity index (χ4n) is 1.07. The van der Waals surface area contributed by atoms with Crippen molar-refractivity contribution in [3.05, 3.63) is 23.9 Å². The van der Waals surface area contributed by atoms with E-state index in [0.717, 1.165) is 0 Å². The van der Waals surface area contributed by atoms with Crippen molar-refractivity contribution < 1.29 is 15.0 Å². The predicted octanol–water partition coefficient (Wildman–Crippen LogP) is 0.963. The smallest absolute Gasteiger partial charge is 0.335 e. The Labute approximate surface area is 87.8 Å². The van der Waals surface area contributed by atoms with E-state index in [1.165, 1.54) is 18.3 Å². The van der Waals surface area contributed by atoms with Crippen molar-refractivity contribution in [3.8, 4) is 0 Å². The molecule has 0 bridgehead atoms. The van der Waals surface area contributed by atoms with Crippen LogP contribution in [0.2, 0.25) is 0 Å². The number of nitrogens with one attached hydrogen (secondary N) is 1. The summed E-state index contributed by atoms with van der Waals surface area (Å²) in [6.07, 6.45) is 1.66. The molecule has 0 aliphatic rings. The molecule has 15 heavy (non-hydrogen) atoms. The number of aliphatic hydroxyl groups is 1. The van der Waals surface area contributed by atoms with E-state index >= 15 is 0 Å². The lowest BCUT2D eigenvalue weighted by Gasteiger charge is -2.07. The summed E-state index contributed by atoms with van der Waals surface area (Å²) in [6.45, 7) is 2.26. The van der Waals surface area contributed by atoms with Crippen LogP contribution in [0.4, 0.5) is 5.82 Å². The number of pyridine rings is 1. The Morgan fingerprint density at radius 2 is 2.40 bits per heavy atom. The summed E-state index contributed by atoms with van der Waals surface area (Å²) in [4.78, 5) is 14.6. The first-order chi connectivity index (χ1) is 7.09. The van der Waals surface area contributed by atoms with Crippen LogP contribution in [0.1, 0.15) is 23.7 Å². The van der Waals surface area contributed by atoms with Crippen LogP contribution >= 0.6 is 0 Å². The minimum Gasteiger partial charge on any atom is -0.478 e. The standard InChI is InChI=1S/C10H14N2O3/c1-7(13)2-4-11-9-6-8(10(14)15)3-5-12-9/h3,5-7,13H,2,4H2,1H3,(H,11,12)(H,14,15). The Balaban J connectivity index is 2.54. The second kappa shape index (κ2) is 5.31. The maximum atomic E-state index is 10.6. The Morgan fingerprint density at radius 3 is 3.00 bits per heavy atom. The number of carboxylic acid groups (broad SMARTS) is 1. The van der Waals surface area contributed by atoms with E-state index in [-0.39, 0.29) is 11.7 Å². The first-order valence-corrected chi connectivity index (χ1v) is 4.71. The van der Waals surface area contributed by atoms with Gasteiger partial charge in [0.1, 0.15) is 5.82 Å². The normalized spacial score (nSPS) is 12.1. The molecule has 0 saturated heterocycles. The summed E-state index contributed by atoms with van der Waals surface area (Å²) in [7, 11) is 0. The second-order valence-corrected chi connectivity index (χ2v) is 3.30. The average Bonchev–Trinajstić information content (AvgIpc) is 2.17. The largest absolute Gasteiger partial charge is 0.478 e. The van der Waals surface area contributed by atoms with Gasteiger partial charge in [-0.1, -0.05) is 0 Å². The molecule has 0 aromatic carbocycles. The number of nitrogens with zero attached hydrogens (tertiary/aromatic N) is 1. The van der Waals surface area contributed by atoms with Crippen LogP contribution in [0.5, 0.6) is 0 Å². The predicted molar refractivity (Wildman–Crippen MR) is 56.0 cm³/mol. The third-order valence-corrected chi connectivity index (χ3v) is 1.88. The van der Waals surface area contributed by atoms with Crippen LogP contribution in [0.3, 0.4) is 0 Å². The summed E-state index contributed by atoms with van der Waals surface area (Å²) < 4.78 is 0. The molecule has 0 aliphatic carbocycles. The minimum atomic E-state index is -0.976. The van der Waals surface area contributed by atoms with Crippen molar-refractivity contribution in [1.82, 2.24) is 4.98 Å². The van der Waals surface area contributed by atoms with Crippen molar-refractivity contribution in [3.63, 3.8) is 0 Å². The molecule has 0 spiro atoms. The Morgan fingerprint density at radius 1 is 1.67 bits per heavy atom. The number of hydrogen-bond donors (Lipinski definition) is 3. The van der Waals surface area contributed by atoms with Gasteiger partial charge in [0, 0.05) is 12.7 Å². The van der Waals surface area contributed by atoms with Crippen molar-refractivity contribution in [2.75, 3.05) is 11.9 Å². The Hall–Kier alpha value is -1.62. The summed E-state index contributed by atoms with van der Waals surface area (Å²) in [5.74, 6) is -0.466. The van der Waals surface area contributed by atoms with Gasteiger partial charge in [-0.3, -0.25) is 0 Å². The molecule has 1 heterocycles. The molecular formula is C10H14N2O3.